The molecule has 6 heteroatoms. The van der Waals surface area contributed by atoms with Crippen molar-refractivity contribution >= 4 is 11.9 Å². The predicted octanol–water partition coefficient (Wildman–Crippen LogP) is 0.110. The molecule has 0 saturated heterocycles. The van der Waals surface area contributed by atoms with E-state index in [1.165, 1.54) is 4.68 Å². The molecular weight excluding hydrogens is 210 g/mol. The first-order valence-corrected chi connectivity index (χ1v) is 5.10. The molecule has 0 bridgehead atoms. The van der Waals surface area contributed by atoms with Crippen LogP contribution in [-0.4, -0.2) is 33.3 Å². The third kappa shape index (κ3) is 3.72. The van der Waals surface area contributed by atoms with Gasteiger partial charge in [-0.15, -0.1) is 0 Å². The first kappa shape index (κ1) is 12.2. The SMILES string of the molecule is CCC(CNC(=O)Cn1cccn1)C(=O)O. The van der Waals surface area contributed by atoms with Crippen molar-refractivity contribution in [2.45, 2.75) is 19.9 Å². The van der Waals surface area contributed by atoms with Gasteiger partial charge in [0.1, 0.15) is 6.54 Å². The molecule has 0 fully saturated rings. The number of hydrogen-bond donors (Lipinski definition) is 2. The number of amides is 1. The topological polar surface area (TPSA) is 84.2 Å². The minimum atomic E-state index is -0.887. The van der Waals surface area contributed by atoms with E-state index in [0.29, 0.717) is 6.42 Å². The summed E-state index contributed by atoms with van der Waals surface area (Å²) in [6.45, 7) is 2.05. The van der Waals surface area contributed by atoms with E-state index < -0.39 is 11.9 Å². The Bertz CT molecular complexity index is 348. The van der Waals surface area contributed by atoms with Gasteiger partial charge in [0.25, 0.3) is 0 Å². The summed E-state index contributed by atoms with van der Waals surface area (Å²) in [4.78, 5) is 22.1. The van der Waals surface area contributed by atoms with Gasteiger partial charge in [-0.3, -0.25) is 14.3 Å². The number of carbonyl (C=O) groups is 2. The Morgan fingerprint density at radius 3 is 2.81 bits per heavy atom. The Labute approximate surface area is 93.3 Å². The molecule has 2 N–H and O–H groups in total. The van der Waals surface area contributed by atoms with Crippen molar-refractivity contribution in [2.75, 3.05) is 6.54 Å². The van der Waals surface area contributed by atoms with Crippen molar-refractivity contribution in [3.63, 3.8) is 0 Å². The Morgan fingerprint density at radius 2 is 2.31 bits per heavy atom. The molecule has 0 aliphatic rings. The average Bonchev–Trinajstić information content (AvgIpc) is 2.70. The summed E-state index contributed by atoms with van der Waals surface area (Å²) in [7, 11) is 0. The van der Waals surface area contributed by atoms with Gasteiger partial charge in [0, 0.05) is 18.9 Å². The fourth-order valence-corrected chi connectivity index (χ4v) is 1.24. The lowest BCUT2D eigenvalue weighted by Crippen LogP contribution is -2.34. The summed E-state index contributed by atoms with van der Waals surface area (Å²) >= 11 is 0. The van der Waals surface area contributed by atoms with Crippen LogP contribution in [0.25, 0.3) is 0 Å². The molecule has 88 valence electrons. The molecule has 0 aliphatic carbocycles. The zero-order valence-corrected chi connectivity index (χ0v) is 9.09. The highest BCUT2D eigenvalue weighted by molar-refractivity contribution is 5.77. The van der Waals surface area contributed by atoms with E-state index in [9.17, 15) is 9.59 Å². The largest absolute Gasteiger partial charge is 0.481 e. The van der Waals surface area contributed by atoms with Crippen molar-refractivity contribution in [1.29, 1.82) is 0 Å². The summed E-state index contributed by atoms with van der Waals surface area (Å²) in [5.41, 5.74) is 0. The monoisotopic (exact) mass is 225 g/mol. The quantitative estimate of drug-likeness (QED) is 0.719. The van der Waals surface area contributed by atoms with E-state index in [2.05, 4.69) is 10.4 Å². The second-order valence-corrected chi connectivity index (χ2v) is 3.45. The average molecular weight is 225 g/mol. The predicted molar refractivity (Wildman–Crippen MR) is 56.7 cm³/mol. The van der Waals surface area contributed by atoms with Gasteiger partial charge in [0.2, 0.25) is 5.91 Å². The Balaban J connectivity index is 2.32. The standard InChI is InChI=1S/C10H15N3O3/c1-2-8(10(15)16)6-11-9(14)7-13-5-3-4-12-13/h3-5,8H,2,6-7H2,1H3,(H,11,14)(H,15,16). The third-order valence-corrected chi connectivity index (χ3v) is 2.25. The van der Waals surface area contributed by atoms with E-state index in [4.69, 9.17) is 5.11 Å². The maximum absolute atomic E-state index is 11.4. The van der Waals surface area contributed by atoms with E-state index >= 15 is 0 Å². The minimum absolute atomic E-state index is 0.114. The number of carboxylic acid groups (broad SMARTS) is 1. The fraction of sp³-hybridized carbons (Fsp3) is 0.500. The van der Waals surface area contributed by atoms with Crippen LogP contribution in [0.1, 0.15) is 13.3 Å². The van der Waals surface area contributed by atoms with Crippen LogP contribution in [0, 0.1) is 5.92 Å². The summed E-state index contributed by atoms with van der Waals surface area (Å²) in [5.74, 6) is -1.65. The van der Waals surface area contributed by atoms with Gasteiger partial charge in [0.15, 0.2) is 0 Å². The number of hydrogen-bond acceptors (Lipinski definition) is 3. The van der Waals surface area contributed by atoms with Crippen molar-refractivity contribution in [3.05, 3.63) is 18.5 Å². The molecule has 1 heterocycles. The molecule has 1 atom stereocenters. The van der Waals surface area contributed by atoms with E-state index in [-0.39, 0.29) is 19.0 Å². The zero-order chi connectivity index (χ0) is 12.0. The van der Waals surface area contributed by atoms with Crippen LogP contribution in [0.5, 0.6) is 0 Å². The van der Waals surface area contributed by atoms with Gasteiger partial charge in [-0.2, -0.15) is 5.10 Å². The molecule has 0 aliphatic heterocycles. The molecule has 0 radical (unpaired) electrons. The van der Waals surface area contributed by atoms with Crippen LogP contribution >= 0.6 is 0 Å². The number of aliphatic carboxylic acids is 1. The lowest BCUT2D eigenvalue weighted by atomic mass is 10.1. The molecule has 1 aromatic heterocycles. The lowest BCUT2D eigenvalue weighted by molar-refractivity contribution is -0.141. The van der Waals surface area contributed by atoms with Crippen LogP contribution in [0.3, 0.4) is 0 Å². The molecular formula is C10H15N3O3. The van der Waals surface area contributed by atoms with Gasteiger partial charge in [-0.1, -0.05) is 6.92 Å². The Kier molecular flexibility index (Phi) is 4.50. The van der Waals surface area contributed by atoms with Crippen LogP contribution in [-0.2, 0) is 16.1 Å². The molecule has 1 aromatic rings. The van der Waals surface area contributed by atoms with Gasteiger partial charge in [0.05, 0.1) is 5.92 Å². The highest BCUT2D eigenvalue weighted by Gasteiger charge is 2.15. The number of aromatic nitrogens is 2. The van der Waals surface area contributed by atoms with E-state index in [1.807, 2.05) is 0 Å². The third-order valence-electron chi connectivity index (χ3n) is 2.25. The maximum atomic E-state index is 11.4. The summed E-state index contributed by atoms with van der Waals surface area (Å²) < 4.78 is 1.48. The number of nitrogens with one attached hydrogen (secondary N) is 1. The molecule has 0 spiro atoms. The molecule has 0 saturated carbocycles. The molecule has 1 rings (SSSR count). The highest BCUT2D eigenvalue weighted by atomic mass is 16.4. The fourth-order valence-electron chi connectivity index (χ4n) is 1.24. The Hall–Kier alpha value is -1.85. The second-order valence-electron chi connectivity index (χ2n) is 3.45. The van der Waals surface area contributed by atoms with E-state index in [0.717, 1.165) is 0 Å². The molecule has 1 amide bonds. The molecule has 0 aromatic carbocycles. The summed E-state index contributed by atoms with van der Waals surface area (Å²) in [6, 6.07) is 1.72. The second kappa shape index (κ2) is 5.89. The molecule has 16 heavy (non-hydrogen) atoms. The van der Waals surface area contributed by atoms with Crippen LogP contribution in [0.2, 0.25) is 0 Å². The number of carbonyl (C=O) groups excluding carboxylic acids is 1. The number of rotatable bonds is 6. The summed E-state index contributed by atoms with van der Waals surface area (Å²) in [6.07, 6.45) is 3.75. The lowest BCUT2D eigenvalue weighted by Gasteiger charge is -2.10. The van der Waals surface area contributed by atoms with Gasteiger partial charge in [-0.05, 0) is 12.5 Å². The highest BCUT2D eigenvalue weighted by Crippen LogP contribution is 2.00. The normalized spacial score (nSPS) is 12.1. The van der Waals surface area contributed by atoms with Crippen LogP contribution in [0.15, 0.2) is 18.5 Å². The van der Waals surface area contributed by atoms with Crippen molar-refractivity contribution in [2.24, 2.45) is 5.92 Å². The minimum Gasteiger partial charge on any atom is -0.481 e. The van der Waals surface area contributed by atoms with Gasteiger partial charge < -0.3 is 10.4 Å². The smallest absolute Gasteiger partial charge is 0.308 e. The number of carboxylic acids is 1. The van der Waals surface area contributed by atoms with Crippen molar-refractivity contribution in [3.8, 4) is 0 Å². The Morgan fingerprint density at radius 1 is 1.56 bits per heavy atom. The first-order valence-electron chi connectivity index (χ1n) is 5.10. The van der Waals surface area contributed by atoms with Gasteiger partial charge >= 0.3 is 5.97 Å². The zero-order valence-electron chi connectivity index (χ0n) is 9.09. The molecule has 1 unspecified atom stereocenters. The van der Waals surface area contributed by atoms with Crippen molar-refractivity contribution < 1.29 is 14.7 Å². The number of nitrogens with zero attached hydrogens (tertiary/aromatic N) is 2. The maximum Gasteiger partial charge on any atom is 0.308 e. The summed E-state index contributed by atoms with van der Waals surface area (Å²) in [5, 5.41) is 15.2. The van der Waals surface area contributed by atoms with Gasteiger partial charge in [-0.25, -0.2) is 0 Å². The van der Waals surface area contributed by atoms with Crippen molar-refractivity contribution in [1.82, 2.24) is 15.1 Å². The van der Waals surface area contributed by atoms with E-state index in [1.54, 1.807) is 25.4 Å². The van der Waals surface area contributed by atoms with Crippen LogP contribution < -0.4 is 5.32 Å². The van der Waals surface area contributed by atoms with Crippen LogP contribution in [0.4, 0.5) is 0 Å². The first-order chi connectivity index (χ1) is 7.63. The molecule has 6 nitrogen and oxygen atoms in total.